The average Bonchev–Trinajstić information content (AvgIpc) is 3.14. The van der Waals surface area contributed by atoms with Crippen LogP contribution in [0.1, 0.15) is 32.6 Å². The third-order valence-electron chi connectivity index (χ3n) is 3.36. The van der Waals surface area contributed by atoms with Crippen molar-refractivity contribution in [2.75, 3.05) is 19.6 Å². The molecule has 0 atom stereocenters. The molecule has 0 aromatic heterocycles. The summed E-state index contributed by atoms with van der Waals surface area (Å²) in [6, 6.07) is 0.273. The number of urea groups is 1. The molecule has 5 nitrogen and oxygen atoms in total. The molecule has 2 rings (SSSR count). The lowest BCUT2D eigenvalue weighted by molar-refractivity contribution is -0.137. The molecule has 0 unspecified atom stereocenters. The summed E-state index contributed by atoms with van der Waals surface area (Å²) >= 11 is 0. The standard InChI is InChI=1S/C12H20N2O3/c1-2-13(8-11(15)16)12(17)14(10-5-6-10)7-9-3-4-9/h9-10H,2-8H2,1H3,(H,15,16). The molecule has 17 heavy (non-hydrogen) atoms. The quantitative estimate of drug-likeness (QED) is 0.763. The highest BCUT2D eigenvalue weighted by Gasteiger charge is 2.38. The van der Waals surface area contributed by atoms with Crippen molar-refractivity contribution in [1.82, 2.24) is 9.80 Å². The summed E-state index contributed by atoms with van der Waals surface area (Å²) in [4.78, 5) is 26.3. The first kappa shape index (κ1) is 12.2. The Morgan fingerprint density at radius 3 is 2.29 bits per heavy atom. The second-order valence-electron chi connectivity index (χ2n) is 5.02. The molecule has 2 aliphatic rings. The van der Waals surface area contributed by atoms with Crippen molar-refractivity contribution in [1.29, 1.82) is 0 Å². The van der Waals surface area contributed by atoms with Gasteiger partial charge in [0.05, 0.1) is 0 Å². The Morgan fingerprint density at radius 2 is 1.88 bits per heavy atom. The fourth-order valence-electron chi connectivity index (χ4n) is 2.01. The van der Waals surface area contributed by atoms with E-state index in [9.17, 15) is 9.59 Å². The number of rotatable bonds is 6. The maximum absolute atomic E-state index is 12.2. The van der Waals surface area contributed by atoms with Gasteiger partial charge in [-0.2, -0.15) is 0 Å². The van der Waals surface area contributed by atoms with Gasteiger partial charge in [0.25, 0.3) is 0 Å². The van der Waals surface area contributed by atoms with E-state index >= 15 is 0 Å². The van der Waals surface area contributed by atoms with Crippen molar-refractivity contribution in [2.24, 2.45) is 5.92 Å². The maximum atomic E-state index is 12.2. The molecule has 2 amide bonds. The number of carbonyl (C=O) groups excluding carboxylic acids is 1. The van der Waals surface area contributed by atoms with Crippen LogP contribution >= 0.6 is 0 Å². The minimum atomic E-state index is -0.942. The van der Waals surface area contributed by atoms with Gasteiger partial charge in [-0.3, -0.25) is 4.79 Å². The number of hydrogen-bond acceptors (Lipinski definition) is 2. The van der Waals surface area contributed by atoms with Crippen LogP contribution in [-0.4, -0.2) is 52.6 Å². The monoisotopic (exact) mass is 240 g/mol. The highest BCUT2D eigenvalue weighted by molar-refractivity contribution is 5.80. The summed E-state index contributed by atoms with van der Waals surface area (Å²) in [7, 11) is 0. The normalized spacial score (nSPS) is 18.9. The van der Waals surface area contributed by atoms with Gasteiger partial charge >= 0.3 is 12.0 Å². The Hall–Kier alpha value is -1.26. The number of carbonyl (C=O) groups is 2. The van der Waals surface area contributed by atoms with E-state index < -0.39 is 5.97 Å². The van der Waals surface area contributed by atoms with E-state index in [0.717, 1.165) is 19.4 Å². The molecule has 2 fully saturated rings. The molecule has 0 aliphatic heterocycles. The highest BCUT2D eigenvalue weighted by atomic mass is 16.4. The molecule has 0 heterocycles. The topological polar surface area (TPSA) is 60.9 Å². The van der Waals surface area contributed by atoms with E-state index in [1.165, 1.54) is 17.7 Å². The number of carboxylic acid groups (broad SMARTS) is 1. The van der Waals surface area contributed by atoms with Crippen LogP contribution in [0.4, 0.5) is 4.79 Å². The zero-order valence-electron chi connectivity index (χ0n) is 10.3. The van der Waals surface area contributed by atoms with Gasteiger partial charge in [0.15, 0.2) is 0 Å². The van der Waals surface area contributed by atoms with Gasteiger partial charge in [0.1, 0.15) is 6.54 Å². The Balaban J connectivity index is 1.94. The fourth-order valence-corrected chi connectivity index (χ4v) is 2.01. The molecule has 2 saturated carbocycles. The van der Waals surface area contributed by atoms with E-state index in [1.54, 1.807) is 0 Å². The molecule has 0 spiro atoms. The summed E-state index contributed by atoms with van der Waals surface area (Å²) in [5, 5.41) is 8.78. The molecule has 96 valence electrons. The molecule has 0 radical (unpaired) electrons. The largest absolute Gasteiger partial charge is 0.480 e. The lowest BCUT2D eigenvalue weighted by Gasteiger charge is -2.29. The van der Waals surface area contributed by atoms with Crippen LogP contribution in [0.5, 0.6) is 0 Å². The second kappa shape index (κ2) is 4.94. The van der Waals surface area contributed by atoms with E-state index in [-0.39, 0.29) is 12.6 Å². The number of aliphatic carboxylic acids is 1. The number of carboxylic acids is 1. The molecular weight excluding hydrogens is 220 g/mol. The molecule has 1 N–H and O–H groups in total. The summed E-state index contributed by atoms with van der Waals surface area (Å²) in [6.07, 6.45) is 4.56. The molecule has 5 heteroatoms. The Labute approximate surface area is 101 Å². The zero-order valence-corrected chi connectivity index (χ0v) is 10.3. The molecule has 0 aromatic rings. The SMILES string of the molecule is CCN(CC(=O)O)C(=O)N(CC1CC1)C1CC1. The van der Waals surface area contributed by atoms with E-state index in [0.29, 0.717) is 18.5 Å². The van der Waals surface area contributed by atoms with Gasteiger partial charge in [0, 0.05) is 19.1 Å². The van der Waals surface area contributed by atoms with E-state index in [1.807, 2.05) is 11.8 Å². The van der Waals surface area contributed by atoms with Crippen molar-refractivity contribution >= 4 is 12.0 Å². The Morgan fingerprint density at radius 1 is 1.24 bits per heavy atom. The van der Waals surface area contributed by atoms with Crippen LogP contribution < -0.4 is 0 Å². The van der Waals surface area contributed by atoms with Gasteiger partial charge in [-0.1, -0.05) is 0 Å². The van der Waals surface area contributed by atoms with Crippen LogP contribution in [0.2, 0.25) is 0 Å². The first-order valence-corrected chi connectivity index (χ1v) is 6.39. The predicted octanol–water partition coefficient (Wildman–Crippen LogP) is 1.39. The van der Waals surface area contributed by atoms with Gasteiger partial charge in [0.2, 0.25) is 0 Å². The van der Waals surface area contributed by atoms with Crippen LogP contribution in [0.15, 0.2) is 0 Å². The van der Waals surface area contributed by atoms with Crippen molar-refractivity contribution in [3.05, 3.63) is 0 Å². The first-order chi connectivity index (χ1) is 8.11. The summed E-state index contributed by atoms with van der Waals surface area (Å²) < 4.78 is 0. The lowest BCUT2D eigenvalue weighted by Crippen LogP contribution is -2.47. The second-order valence-corrected chi connectivity index (χ2v) is 5.02. The number of amides is 2. The van der Waals surface area contributed by atoms with Crippen LogP contribution in [-0.2, 0) is 4.79 Å². The van der Waals surface area contributed by atoms with Crippen molar-refractivity contribution in [3.63, 3.8) is 0 Å². The molecule has 0 aromatic carbocycles. The van der Waals surface area contributed by atoms with Gasteiger partial charge in [-0.25, -0.2) is 4.79 Å². The Kier molecular flexibility index (Phi) is 3.54. The number of hydrogen-bond donors (Lipinski definition) is 1. The van der Waals surface area contributed by atoms with Crippen LogP contribution in [0, 0.1) is 5.92 Å². The van der Waals surface area contributed by atoms with E-state index in [4.69, 9.17) is 5.11 Å². The molecule has 0 saturated heterocycles. The summed E-state index contributed by atoms with van der Waals surface area (Å²) in [6.45, 7) is 2.91. The average molecular weight is 240 g/mol. The predicted molar refractivity (Wildman–Crippen MR) is 62.7 cm³/mol. The third kappa shape index (κ3) is 3.35. The Bertz CT molecular complexity index is 311. The van der Waals surface area contributed by atoms with Crippen molar-refractivity contribution < 1.29 is 14.7 Å². The number of likely N-dealkylation sites (N-methyl/N-ethyl adjacent to an activating group) is 1. The van der Waals surface area contributed by atoms with Gasteiger partial charge in [-0.05, 0) is 38.5 Å². The van der Waals surface area contributed by atoms with Crippen LogP contribution in [0.25, 0.3) is 0 Å². The lowest BCUT2D eigenvalue weighted by atomic mass is 10.3. The maximum Gasteiger partial charge on any atom is 0.323 e. The highest BCUT2D eigenvalue weighted by Crippen LogP contribution is 2.35. The third-order valence-corrected chi connectivity index (χ3v) is 3.36. The molecule has 0 bridgehead atoms. The minimum Gasteiger partial charge on any atom is -0.480 e. The van der Waals surface area contributed by atoms with Gasteiger partial charge < -0.3 is 14.9 Å². The van der Waals surface area contributed by atoms with Gasteiger partial charge in [-0.15, -0.1) is 0 Å². The first-order valence-electron chi connectivity index (χ1n) is 6.39. The minimum absolute atomic E-state index is 0.0932. The zero-order chi connectivity index (χ0) is 12.4. The smallest absolute Gasteiger partial charge is 0.323 e. The summed E-state index contributed by atoms with van der Waals surface area (Å²) in [5.74, 6) is -0.287. The van der Waals surface area contributed by atoms with E-state index in [2.05, 4.69) is 0 Å². The van der Waals surface area contributed by atoms with Crippen molar-refractivity contribution in [2.45, 2.75) is 38.6 Å². The summed E-state index contributed by atoms with van der Waals surface area (Å²) in [5.41, 5.74) is 0. The van der Waals surface area contributed by atoms with Crippen molar-refractivity contribution in [3.8, 4) is 0 Å². The molecular formula is C12H20N2O3. The van der Waals surface area contributed by atoms with Crippen LogP contribution in [0.3, 0.4) is 0 Å². The molecule has 2 aliphatic carbocycles. The fraction of sp³-hybridized carbons (Fsp3) is 0.833. The number of nitrogens with zero attached hydrogens (tertiary/aromatic N) is 2.